The standard InChI is InChI=1S/C18H23NO/c20-18(15-7-6-11-3-2-8-19-17(11)15)10-12-9-16(18)14-5-1-4-13(12)14/h2-3,8,12-16,20H,1,4-7,9-10H2. The first-order valence-corrected chi connectivity index (χ1v) is 8.43. The highest BCUT2D eigenvalue weighted by atomic mass is 16.3. The normalized spacial score (nSPS) is 48.5. The van der Waals surface area contributed by atoms with Gasteiger partial charge in [0.1, 0.15) is 0 Å². The third kappa shape index (κ3) is 1.32. The number of pyridine rings is 1. The Morgan fingerprint density at radius 1 is 1.20 bits per heavy atom. The molecule has 1 N–H and O–H groups in total. The molecule has 0 amide bonds. The molecule has 20 heavy (non-hydrogen) atoms. The molecule has 3 fully saturated rings. The molecule has 106 valence electrons. The van der Waals surface area contributed by atoms with Gasteiger partial charge in [0.25, 0.3) is 0 Å². The summed E-state index contributed by atoms with van der Waals surface area (Å²) in [5, 5.41) is 11.5. The first-order chi connectivity index (χ1) is 9.77. The fourth-order valence-corrected chi connectivity index (χ4v) is 6.46. The van der Waals surface area contributed by atoms with Crippen molar-refractivity contribution in [1.29, 1.82) is 0 Å². The molecule has 2 heteroatoms. The number of aryl methyl sites for hydroxylation is 1. The van der Waals surface area contributed by atoms with Crippen molar-refractivity contribution < 1.29 is 5.11 Å². The summed E-state index contributed by atoms with van der Waals surface area (Å²) in [5.41, 5.74) is 2.17. The van der Waals surface area contributed by atoms with E-state index in [0.29, 0.717) is 11.8 Å². The van der Waals surface area contributed by atoms with Crippen molar-refractivity contribution in [2.75, 3.05) is 0 Å². The maximum atomic E-state index is 11.5. The van der Waals surface area contributed by atoms with Crippen LogP contribution in [-0.2, 0) is 6.42 Å². The summed E-state index contributed by atoms with van der Waals surface area (Å²) in [6.07, 6.45) is 10.7. The minimum atomic E-state index is -0.435. The summed E-state index contributed by atoms with van der Waals surface area (Å²) in [6.45, 7) is 0. The van der Waals surface area contributed by atoms with Crippen LogP contribution in [0, 0.1) is 23.7 Å². The van der Waals surface area contributed by atoms with E-state index in [1.807, 2.05) is 12.3 Å². The Balaban J connectivity index is 1.53. The minimum Gasteiger partial charge on any atom is -0.389 e. The monoisotopic (exact) mass is 269 g/mol. The van der Waals surface area contributed by atoms with Crippen LogP contribution in [-0.4, -0.2) is 15.7 Å². The van der Waals surface area contributed by atoms with Crippen LogP contribution >= 0.6 is 0 Å². The van der Waals surface area contributed by atoms with Gasteiger partial charge in [-0.2, -0.15) is 0 Å². The van der Waals surface area contributed by atoms with E-state index in [0.717, 1.165) is 37.0 Å². The Hall–Kier alpha value is -0.890. The van der Waals surface area contributed by atoms with E-state index >= 15 is 0 Å². The van der Waals surface area contributed by atoms with E-state index in [4.69, 9.17) is 0 Å². The average Bonchev–Trinajstić information content (AvgIpc) is 3.18. The first kappa shape index (κ1) is 11.7. The number of aromatic nitrogens is 1. The van der Waals surface area contributed by atoms with Crippen LogP contribution in [0.3, 0.4) is 0 Å². The average molecular weight is 269 g/mol. The third-order valence-electron chi connectivity index (χ3n) is 7.10. The number of fused-ring (bicyclic) bond motifs is 6. The lowest BCUT2D eigenvalue weighted by molar-refractivity contribution is -0.0676. The second kappa shape index (κ2) is 3.85. The van der Waals surface area contributed by atoms with E-state index in [1.54, 1.807) is 0 Å². The van der Waals surface area contributed by atoms with E-state index in [-0.39, 0.29) is 0 Å². The smallest absolute Gasteiger partial charge is 0.0764 e. The maximum absolute atomic E-state index is 11.5. The van der Waals surface area contributed by atoms with Gasteiger partial charge in [0.05, 0.1) is 5.60 Å². The van der Waals surface area contributed by atoms with E-state index < -0.39 is 5.60 Å². The van der Waals surface area contributed by atoms with Crippen LogP contribution in [0.25, 0.3) is 0 Å². The lowest BCUT2D eigenvalue weighted by atomic mass is 9.67. The van der Waals surface area contributed by atoms with Gasteiger partial charge in [-0.15, -0.1) is 0 Å². The molecule has 0 aliphatic heterocycles. The van der Waals surface area contributed by atoms with Gasteiger partial charge < -0.3 is 5.11 Å². The number of rotatable bonds is 1. The van der Waals surface area contributed by atoms with Crippen LogP contribution in [0.5, 0.6) is 0 Å². The molecular weight excluding hydrogens is 246 g/mol. The molecule has 0 aromatic carbocycles. The van der Waals surface area contributed by atoms with E-state index in [1.165, 1.54) is 36.9 Å². The van der Waals surface area contributed by atoms with Crippen molar-refractivity contribution in [3.8, 4) is 0 Å². The fraction of sp³-hybridized carbons (Fsp3) is 0.722. The van der Waals surface area contributed by atoms with Crippen molar-refractivity contribution >= 4 is 0 Å². The summed E-state index contributed by atoms with van der Waals surface area (Å²) in [5.74, 6) is 3.47. The second-order valence-corrected chi connectivity index (χ2v) is 7.70. The van der Waals surface area contributed by atoms with Gasteiger partial charge in [-0.1, -0.05) is 12.5 Å². The fourth-order valence-electron chi connectivity index (χ4n) is 6.46. The van der Waals surface area contributed by atoms with Crippen molar-refractivity contribution in [3.63, 3.8) is 0 Å². The molecule has 6 unspecified atom stereocenters. The molecule has 0 spiro atoms. The zero-order chi connectivity index (χ0) is 13.3. The van der Waals surface area contributed by atoms with E-state index in [2.05, 4.69) is 11.1 Å². The Labute approximate surface area is 120 Å². The second-order valence-electron chi connectivity index (χ2n) is 7.70. The SMILES string of the molecule is OC1(C2CCc3cccnc32)CC2CC1C1CCCC21. The highest BCUT2D eigenvalue weighted by Crippen LogP contribution is 2.66. The Kier molecular flexibility index (Phi) is 2.26. The largest absolute Gasteiger partial charge is 0.389 e. The van der Waals surface area contributed by atoms with Crippen LogP contribution in [0.2, 0.25) is 0 Å². The number of aliphatic hydroxyl groups is 1. The highest BCUT2D eigenvalue weighted by molar-refractivity contribution is 5.33. The molecule has 4 aliphatic carbocycles. The van der Waals surface area contributed by atoms with Gasteiger partial charge in [0.15, 0.2) is 0 Å². The number of nitrogens with zero attached hydrogens (tertiary/aromatic N) is 1. The lowest BCUT2D eigenvalue weighted by Crippen LogP contribution is -2.45. The van der Waals surface area contributed by atoms with E-state index in [9.17, 15) is 5.11 Å². The van der Waals surface area contributed by atoms with Gasteiger partial charge in [0, 0.05) is 17.8 Å². The zero-order valence-electron chi connectivity index (χ0n) is 12.0. The lowest BCUT2D eigenvalue weighted by Gasteiger charge is -2.43. The molecule has 1 heterocycles. The summed E-state index contributed by atoms with van der Waals surface area (Å²) in [6, 6.07) is 4.25. The van der Waals surface area contributed by atoms with Crippen molar-refractivity contribution in [2.24, 2.45) is 23.7 Å². The molecule has 0 radical (unpaired) electrons. The molecule has 4 aliphatic rings. The predicted octanol–water partition coefficient (Wildman–Crippen LogP) is 3.30. The molecular formula is C18H23NO. The first-order valence-electron chi connectivity index (χ1n) is 8.43. The summed E-state index contributed by atoms with van der Waals surface area (Å²) in [7, 11) is 0. The minimum absolute atomic E-state index is 0.315. The van der Waals surface area contributed by atoms with Gasteiger partial charge in [-0.3, -0.25) is 4.98 Å². The molecule has 0 saturated heterocycles. The Bertz CT molecular complexity index is 556. The molecule has 2 bridgehead atoms. The molecule has 1 aromatic rings. The third-order valence-corrected chi connectivity index (χ3v) is 7.10. The molecule has 3 saturated carbocycles. The molecule has 5 rings (SSSR count). The van der Waals surface area contributed by atoms with Crippen molar-refractivity contribution in [1.82, 2.24) is 4.98 Å². The van der Waals surface area contributed by atoms with Crippen LogP contribution in [0.4, 0.5) is 0 Å². The number of hydrogen-bond donors (Lipinski definition) is 1. The van der Waals surface area contributed by atoms with Crippen molar-refractivity contribution in [2.45, 2.75) is 56.5 Å². The molecule has 1 aromatic heterocycles. The summed E-state index contributed by atoms with van der Waals surface area (Å²) >= 11 is 0. The maximum Gasteiger partial charge on any atom is 0.0764 e. The van der Waals surface area contributed by atoms with Crippen molar-refractivity contribution in [3.05, 3.63) is 29.6 Å². The van der Waals surface area contributed by atoms with Gasteiger partial charge in [-0.25, -0.2) is 0 Å². The Morgan fingerprint density at radius 2 is 2.10 bits per heavy atom. The summed E-state index contributed by atoms with van der Waals surface area (Å²) < 4.78 is 0. The summed E-state index contributed by atoms with van der Waals surface area (Å²) in [4.78, 5) is 4.64. The van der Waals surface area contributed by atoms with Crippen LogP contribution in [0.15, 0.2) is 18.3 Å². The topological polar surface area (TPSA) is 33.1 Å². The van der Waals surface area contributed by atoms with Crippen LogP contribution < -0.4 is 0 Å². The van der Waals surface area contributed by atoms with Crippen LogP contribution in [0.1, 0.15) is 55.7 Å². The Morgan fingerprint density at radius 3 is 3.05 bits per heavy atom. The van der Waals surface area contributed by atoms with Gasteiger partial charge in [0.2, 0.25) is 0 Å². The number of hydrogen-bond acceptors (Lipinski definition) is 2. The molecule has 2 nitrogen and oxygen atoms in total. The molecule has 6 atom stereocenters. The zero-order valence-corrected chi connectivity index (χ0v) is 12.0. The quantitative estimate of drug-likeness (QED) is 0.848. The van der Waals surface area contributed by atoms with Gasteiger partial charge >= 0.3 is 0 Å². The van der Waals surface area contributed by atoms with Gasteiger partial charge in [-0.05, 0) is 73.8 Å². The highest BCUT2D eigenvalue weighted by Gasteiger charge is 2.63. The predicted molar refractivity (Wildman–Crippen MR) is 77.3 cm³/mol.